The second-order valence-corrected chi connectivity index (χ2v) is 6.25. The summed E-state index contributed by atoms with van der Waals surface area (Å²) in [6.07, 6.45) is 3.46. The summed E-state index contributed by atoms with van der Waals surface area (Å²) in [6.45, 7) is 3.80. The van der Waals surface area contributed by atoms with Crippen molar-refractivity contribution in [2.24, 2.45) is 0 Å². The molecule has 6 heteroatoms. The summed E-state index contributed by atoms with van der Waals surface area (Å²) in [6, 6.07) is 5.87. The van der Waals surface area contributed by atoms with Gasteiger partial charge >= 0.3 is 0 Å². The molecule has 0 bridgehead atoms. The Morgan fingerprint density at radius 2 is 2.27 bits per heavy atom. The third-order valence-corrected chi connectivity index (χ3v) is 4.91. The van der Waals surface area contributed by atoms with Crippen LogP contribution in [0.5, 0.6) is 0 Å². The number of hydrogen-bond acceptors (Lipinski definition) is 4. The monoisotopic (exact) mass is 313 g/mol. The molecule has 0 saturated carbocycles. The van der Waals surface area contributed by atoms with Crippen LogP contribution in [0.2, 0.25) is 0 Å². The van der Waals surface area contributed by atoms with Gasteiger partial charge in [-0.2, -0.15) is 0 Å². The van der Waals surface area contributed by atoms with Gasteiger partial charge in [0.1, 0.15) is 11.6 Å². The maximum atomic E-state index is 12.6. The predicted octanol–water partition coefficient (Wildman–Crippen LogP) is 3.17. The molecule has 1 aliphatic heterocycles. The fourth-order valence-corrected chi connectivity index (χ4v) is 3.58. The zero-order chi connectivity index (χ0) is 15.1. The quantitative estimate of drug-likeness (QED) is 0.730. The van der Waals surface area contributed by atoms with Gasteiger partial charge in [0.25, 0.3) is 5.91 Å². The van der Waals surface area contributed by atoms with Crippen molar-refractivity contribution in [1.82, 2.24) is 14.5 Å². The third-order valence-electron chi connectivity index (χ3n) is 4.01. The Morgan fingerprint density at radius 3 is 3.00 bits per heavy atom. The molecule has 112 valence electrons. The lowest BCUT2D eigenvalue weighted by atomic mass is 10.2. The van der Waals surface area contributed by atoms with Gasteiger partial charge in [0.15, 0.2) is 0 Å². The Labute approximate surface area is 131 Å². The van der Waals surface area contributed by atoms with E-state index in [-0.39, 0.29) is 5.91 Å². The number of fused-ring (bicyclic) bond motifs is 1. The summed E-state index contributed by atoms with van der Waals surface area (Å²) in [7, 11) is 0. The van der Waals surface area contributed by atoms with Crippen LogP contribution in [0.15, 0.2) is 40.5 Å². The topological polar surface area (TPSA) is 51.3 Å². The van der Waals surface area contributed by atoms with Gasteiger partial charge in [-0.15, -0.1) is 11.3 Å². The van der Waals surface area contributed by atoms with Crippen molar-refractivity contribution in [1.29, 1.82) is 0 Å². The molecule has 1 amide bonds. The van der Waals surface area contributed by atoms with Gasteiger partial charge < -0.3 is 13.9 Å². The molecule has 4 rings (SSSR count). The Kier molecular flexibility index (Phi) is 3.11. The molecule has 0 saturated heterocycles. The van der Waals surface area contributed by atoms with E-state index in [1.165, 1.54) is 4.88 Å². The molecular formula is C16H15N3O2S. The van der Waals surface area contributed by atoms with Crippen LogP contribution in [-0.2, 0) is 13.1 Å². The van der Waals surface area contributed by atoms with Crippen molar-refractivity contribution in [3.8, 4) is 10.6 Å². The van der Waals surface area contributed by atoms with Crippen LogP contribution in [0, 0.1) is 6.92 Å². The smallest absolute Gasteiger partial charge is 0.257 e. The van der Waals surface area contributed by atoms with E-state index in [9.17, 15) is 4.79 Å². The van der Waals surface area contributed by atoms with E-state index in [4.69, 9.17) is 4.42 Å². The molecule has 5 nitrogen and oxygen atoms in total. The largest absolute Gasteiger partial charge is 0.469 e. The summed E-state index contributed by atoms with van der Waals surface area (Å²) in [5.74, 6) is 1.61. The van der Waals surface area contributed by atoms with Gasteiger partial charge in [-0.05, 0) is 24.4 Å². The molecule has 1 aliphatic rings. The average Bonchev–Trinajstić information content (AvgIpc) is 3.25. The van der Waals surface area contributed by atoms with Crippen LogP contribution in [0.25, 0.3) is 10.6 Å². The number of aromatic nitrogens is 2. The molecule has 3 aromatic rings. The molecule has 0 atom stereocenters. The van der Waals surface area contributed by atoms with Gasteiger partial charge in [-0.1, -0.05) is 6.07 Å². The highest BCUT2D eigenvalue weighted by Crippen LogP contribution is 2.28. The standard InChI is InChI=1S/C16H15N3O2S/c1-11-12(4-7-21-11)16(20)18-5-6-19-13(9-17-15(19)10-18)14-3-2-8-22-14/h2-4,7-9H,5-6,10H2,1H3. The number of amides is 1. The van der Waals surface area contributed by atoms with E-state index < -0.39 is 0 Å². The number of carbonyl (C=O) groups is 1. The summed E-state index contributed by atoms with van der Waals surface area (Å²) in [4.78, 5) is 20.1. The van der Waals surface area contributed by atoms with Gasteiger partial charge in [0, 0.05) is 13.1 Å². The average molecular weight is 313 g/mol. The van der Waals surface area contributed by atoms with E-state index in [1.54, 1.807) is 23.7 Å². The number of nitrogens with zero attached hydrogens (tertiary/aromatic N) is 3. The lowest BCUT2D eigenvalue weighted by Gasteiger charge is -2.28. The van der Waals surface area contributed by atoms with Gasteiger partial charge in [-0.25, -0.2) is 4.98 Å². The van der Waals surface area contributed by atoms with Crippen LogP contribution in [0.4, 0.5) is 0 Å². The van der Waals surface area contributed by atoms with Crippen molar-refractivity contribution in [2.45, 2.75) is 20.0 Å². The first-order valence-electron chi connectivity index (χ1n) is 7.15. The minimum Gasteiger partial charge on any atom is -0.469 e. The normalized spacial score (nSPS) is 14.1. The predicted molar refractivity (Wildman–Crippen MR) is 83.7 cm³/mol. The summed E-state index contributed by atoms with van der Waals surface area (Å²) >= 11 is 1.71. The fourth-order valence-electron chi connectivity index (χ4n) is 2.83. The van der Waals surface area contributed by atoms with E-state index in [2.05, 4.69) is 21.0 Å². The lowest BCUT2D eigenvalue weighted by molar-refractivity contribution is 0.0706. The van der Waals surface area contributed by atoms with Gasteiger partial charge in [-0.3, -0.25) is 4.79 Å². The molecule has 0 aromatic carbocycles. The molecule has 0 aliphatic carbocycles. The molecule has 0 spiro atoms. The zero-order valence-corrected chi connectivity index (χ0v) is 13.0. The Balaban J connectivity index is 1.61. The number of carbonyl (C=O) groups excluding carboxylic acids is 1. The van der Waals surface area contributed by atoms with E-state index in [0.29, 0.717) is 24.4 Å². The summed E-state index contributed by atoms with van der Waals surface area (Å²) < 4.78 is 7.44. The SMILES string of the molecule is Cc1occc1C(=O)N1CCn2c(-c3cccs3)cnc2C1. The minimum atomic E-state index is 0.0122. The van der Waals surface area contributed by atoms with E-state index >= 15 is 0 Å². The van der Waals surface area contributed by atoms with Gasteiger partial charge in [0.2, 0.25) is 0 Å². The first kappa shape index (κ1) is 13.3. The number of hydrogen-bond donors (Lipinski definition) is 0. The highest BCUT2D eigenvalue weighted by Gasteiger charge is 2.26. The summed E-state index contributed by atoms with van der Waals surface area (Å²) in [5.41, 5.74) is 1.77. The minimum absolute atomic E-state index is 0.0122. The fraction of sp³-hybridized carbons (Fsp3) is 0.250. The number of furan rings is 1. The molecule has 0 N–H and O–H groups in total. The molecule has 0 radical (unpaired) electrons. The number of rotatable bonds is 2. The number of thiophene rings is 1. The van der Waals surface area contributed by atoms with Crippen molar-refractivity contribution in [3.63, 3.8) is 0 Å². The highest BCUT2D eigenvalue weighted by atomic mass is 32.1. The maximum absolute atomic E-state index is 12.6. The second-order valence-electron chi connectivity index (χ2n) is 5.31. The van der Waals surface area contributed by atoms with Crippen molar-refractivity contribution < 1.29 is 9.21 Å². The van der Waals surface area contributed by atoms with Crippen LogP contribution in [-0.4, -0.2) is 26.9 Å². The van der Waals surface area contributed by atoms with Crippen molar-refractivity contribution in [3.05, 3.63) is 53.2 Å². The first-order valence-corrected chi connectivity index (χ1v) is 8.03. The third kappa shape index (κ3) is 2.07. The Bertz CT molecular complexity index is 816. The summed E-state index contributed by atoms with van der Waals surface area (Å²) in [5, 5.41) is 2.07. The molecule has 4 heterocycles. The number of imidazole rings is 1. The molecule has 0 unspecified atom stereocenters. The molecule has 22 heavy (non-hydrogen) atoms. The highest BCUT2D eigenvalue weighted by molar-refractivity contribution is 7.13. The Morgan fingerprint density at radius 1 is 1.36 bits per heavy atom. The van der Waals surface area contributed by atoms with Crippen molar-refractivity contribution in [2.75, 3.05) is 6.54 Å². The molecule has 3 aromatic heterocycles. The van der Waals surface area contributed by atoms with Crippen LogP contribution in [0.1, 0.15) is 21.9 Å². The zero-order valence-electron chi connectivity index (χ0n) is 12.2. The first-order chi connectivity index (χ1) is 10.7. The van der Waals surface area contributed by atoms with Crippen LogP contribution < -0.4 is 0 Å². The number of aryl methyl sites for hydroxylation is 1. The Hall–Kier alpha value is -2.34. The van der Waals surface area contributed by atoms with E-state index in [0.717, 1.165) is 18.1 Å². The second kappa shape index (κ2) is 5.14. The maximum Gasteiger partial charge on any atom is 0.257 e. The van der Waals surface area contributed by atoms with Crippen LogP contribution >= 0.6 is 11.3 Å². The lowest BCUT2D eigenvalue weighted by Crippen LogP contribution is -2.38. The van der Waals surface area contributed by atoms with E-state index in [1.807, 2.05) is 24.1 Å². The van der Waals surface area contributed by atoms with Gasteiger partial charge in [0.05, 0.1) is 35.1 Å². The molecule has 0 fully saturated rings. The van der Waals surface area contributed by atoms with Crippen LogP contribution in [0.3, 0.4) is 0 Å². The molecular weight excluding hydrogens is 298 g/mol. The van der Waals surface area contributed by atoms with Crippen molar-refractivity contribution >= 4 is 17.2 Å².